The van der Waals surface area contributed by atoms with Crippen molar-refractivity contribution in [2.45, 2.75) is 39.5 Å². The quantitative estimate of drug-likeness (QED) is 0.443. The van der Waals surface area contributed by atoms with E-state index in [0.29, 0.717) is 17.3 Å². The molecule has 0 aromatic heterocycles. The van der Waals surface area contributed by atoms with Gasteiger partial charge in [0.05, 0.1) is 0 Å². The van der Waals surface area contributed by atoms with E-state index in [1.807, 2.05) is 0 Å². The largest absolute Gasteiger partial charge is 0.0839 e. The number of allylic oxidation sites excluding steroid dienone is 12. The smallest absolute Gasteiger partial charge is 0.00873 e. The number of hydrogen-bond acceptors (Lipinski definition) is 0. The van der Waals surface area contributed by atoms with Crippen LogP contribution in [0.5, 0.6) is 0 Å². The molecule has 0 saturated carbocycles. The van der Waals surface area contributed by atoms with Gasteiger partial charge in [0, 0.05) is 9.50 Å². The normalized spacial score (nSPS) is 32.2. The van der Waals surface area contributed by atoms with E-state index in [0.717, 1.165) is 0 Å². The average molecular weight is 402 g/mol. The maximum absolute atomic E-state index is 2.45. The topological polar surface area (TPSA) is 0 Å². The minimum atomic E-state index is 0.292. The van der Waals surface area contributed by atoms with Crippen molar-refractivity contribution >= 4 is 22.6 Å². The first-order valence-corrected chi connectivity index (χ1v) is 9.50. The second kappa shape index (κ2) is 5.36. The Bertz CT molecular complexity index is 691. The molecule has 0 aromatic carbocycles. The molecule has 0 spiro atoms. The first kappa shape index (κ1) is 14.7. The molecule has 0 N–H and O–H groups in total. The first-order chi connectivity index (χ1) is 10.6. The number of rotatable bonds is 1. The Morgan fingerprint density at radius 2 is 2.05 bits per heavy atom. The molecular formula is C21H23I. The lowest BCUT2D eigenvalue weighted by atomic mass is 9.69. The fourth-order valence-electron chi connectivity index (χ4n) is 4.58. The molecule has 0 aliphatic heterocycles. The predicted molar refractivity (Wildman–Crippen MR) is 103 cm³/mol. The van der Waals surface area contributed by atoms with Crippen LogP contribution >= 0.6 is 22.6 Å². The molecule has 0 aromatic rings. The van der Waals surface area contributed by atoms with Gasteiger partial charge in [0.15, 0.2) is 0 Å². The van der Waals surface area contributed by atoms with Crippen molar-refractivity contribution in [2.75, 3.05) is 0 Å². The second-order valence-electron chi connectivity index (χ2n) is 7.47. The maximum atomic E-state index is 2.45. The molecule has 2 atom stereocenters. The molecule has 0 heterocycles. The van der Waals surface area contributed by atoms with Gasteiger partial charge in [-0.15, -0.1) is 0 Å². The van der Waals surface area contributed by atoms with Crippen molar-refractivity contribution in [1.29, 1.82) is 0 Å². The van der Waals surface area contributed by atoms with E-state index < -0.39 is 0 Å². The molecule has 0 bridgehead atoms. The summed E-state index contributed by atoms with van der Waals surface area (Å²) in [7, 11) is 0. The molecule has 0 radical (unpaired) electrons. The van der Waals surface area contributed by atoms with Gasteiger partial charge in [-0.05, 0) is 76.3 Å². The molecular weight excluding hydrogens is 379 g/mol. The Balaban J connectivity index is 1.67. The van der Waals surface area contributed by atoms with Crippen LogP contribution in [0.1, 0.15) is 39.5 Å². The highest BCUT2D eigenvalue weighted by molar-refractivity contribution is 14.1. The minimum Gasteiger partial charge on any atom is -0.0839 e. The monoisotopic (exact) mass is 402 g/mol. The van der Waals surface area contributed by atoms with Crippen molar-refractivity contribution in [3.05, 3.63) is 68.4 Å². The van der Waals surface area contributed by atoms with Gasteiger partial charge in [0.2, 0.25) is 0 Å². The van der Waals surface area contributed by atoms with Gasteiger partial charge in [-0.3, -0.25) is 0 Å². The summed E-state index contributed by atoms with van der Waals surface area (Å²) < 4.78 is 1.38. The van der Waals surface area contributed by atoms with Gasteiger partial charge in [0.25, 0.3) is 0 Å². The van der Waals surface area contributed by atoms with E-state index >= 15 is 0 Å². The highest BCUT2D eigenvalue weighted by atomic mass is 127. The molecule has 4 rings (SSSR count). The lowest BCUT2D eigenvalue weighted by Crippen LogP contribution is -2.25. The van der Waals surface area contributed by atoms with Crippen LogP contribution in [0.3, 0.4) is 0 Å². The van der Waals surface area contributed by atoms with Crippen LogP contribution in [0, 0.1) is 17.3 Å². The first-order valence-electron chi connectivity index (χ1n) is 8.42. The Kier molecular flexibility index (Phi) is 3.60. The molecule has 0 fully saturated rings. The summed E-state index contributed by atoms with van der Waals surface area (Å²) >= 11 is 2.42. The van der Waals surface area contributed by atoms with Crippen LogP contribution in [0.25, 0.3) is 0 Å². The minimum absolute atomic E-state index is 0.292. The standard InChI is InChI=1S/C21H23I/c1-21(2)19-6-4-3-5-17(19)18-12-9-15(13-20(18)21)14-7-10-16(22)11-8-14/h4,6-7,9-12,14,20H,3,5,8,13H2,1-2H3/t14-,20?/m1/s1. The lowest BCUT2D eigenvalue weighted by molar-refractivity contribution is 0.325. The summed E-state index contributed by atoms with van der Waals surface area (Å²) in [6, 6.07) is 0. The van der Waals surface area contributed by atoms with E-state index in [-0.39, 0.29) is 0 Å². The van der Waals surface area contributed by atoms with Crippen LogP contribution in [-0.2, 0) is 0 Å². The van der Waals surface area contributed by atoms with Gasteiger partial charge in [-0.1, -0.05) is 62.0 Å². The van der Waals surface area contributed by atoms with Gasteiger partial charge in [-0.2, -0.15) is 0 Å². The third kappa shape index (κ3) is 2.24. The third-order valence-electron chi connectivity index (χ3n) is 5.91. The molecule has 4 aliphatic rings. The maximum Gasteiger partial charge on any atom is 0.00873 e. The van der Waals surface area contributed by atoms with Crippen molar-refractivity contribution in [2.24, 2.45) is 17.3 Å². The Morgan fingerprint density at radius 1 is 1.18 bits per heavy atom. The fourth-order valence-corrected chi connectivity index (χ4v) is 5.04. The zero-order valence-electron chi connectivity index (χ0n) is 13.4. The molecule has 1 heteroatoms. The zero-order valence-corrected chi connectivity index (χ0v) is 15.6. The highest BCUT2D eigenvalue weighted by Crippen LogP contribution is 2.57. The van der Waals surface area contributed by atoms with Crippen molar-refractivity contribution < 1.29 is 0 Å². The van der Waals surface area contributed by atoms with Crippen LogP contribution in [-0.4, -0.2) is 0 Å². The number of hydrogen-bond donors (Lipinski definition) is 0. The van der Waals surface area contributed by atoms with Gasteiger partial charge < -0.3 is 0 Å². The van der Waals surface area contributed by atoms with E-state index in [9.17, 15) is 0 Å². The summed E-state index contributed by atoms with van der Waals surface area (Å²) in [5.74, 6) is 1.29. The van der Waals surface area contributed by atoms with Gasteiger partial charge in [0.1, 0.15) is 0 Å². The molecule has 114 valence electrons. The zero-order chi connectivity index (χ0) is 15.3. The van der Waals surface area contributed by atoms with Gasteiger partial charge in [-0.25, -0.2) is 0 Å². The highest BCUT2D eigenvalue weighted by Gasteiger charge is 2.45. The predicted octanol–water partition coefficient (Wildman–Crippen LogP) is 6.44. The second-order valence-corrected chi connectivity index (χ2v) is 8.71. The van der Waals surface area contributed by atoms with Crippen LogP contribution in [0.2, 0.25) is 0 Å². The Hall–Kier alpha value is -0.830. The number of fused-ring (bicyclic) bond motifs is 2. The van der Waals surface area contributed by atoms with Crippen molar-refractivity contribution in [3.63, 3.8) is 0 Å². The third-order valence-corrected chi connectivity index (χ3v) is 6.71. The summed E-state index contributed by atoms with van der Waals surface area (Å²) in [6.07, 6.45) is 21.6. The van der Waals surface area contributed by atoms with Crippen molar-refractivity contribution in [3.8, 4) is 0 Å². The molecule has 22 heavy (non-hydrogen) atoms. The average Bonchev–Trinajstić information content (AvgIpc) is 2.77. The Labute approximate surface area is 147 Å². The van der Waals surface area contributed by atoms with E-state index in [2.05, 4.69) is 79.0 Å². The molecule has 4 aliphatic carbocycles. The van der Waals surface area contributed by atoms with Crippen LogP contribution in [0.15, 0.2) is 68.4 Å². The summed E-state index contributed by atoms with van der Waals surface area (Å²) in [5.41, 5.74) is 6.82. The summed E-state index contributed by atoms with van der Waals surface area (Å²) in [4.78, 5) is 0. The van der Waals surface area contributed by atoms with E-state index in [1.54, 1.807) is 22.3 Å². The fraction of sp³-hybridized carbons (Fsp3) is 0.429. The van der Waals surface area contributed by atoms with Gasteiger partial charge >= 0.3 is 0 Å². The van der Waals surface area contributed by atoms with Crippen LogP contribution < -0.4 is 0 Å². The summed E-state index contributed by atoms with van der Waals surface area (Å²) in [5, 5.41) is 0. The molecule has 0 saturated heterocycles. The lowest BCUT2D eigenvalue weighted by Gasteiger charge is -2.34. The summed E-state index contributed by atoms with van der Waals surface area (Å²) in [6.45, 7) is 4.90. The van der Waals surface area contributed by atoms with Crippen molar-refractivity contribution in [1.82, 2.24) is 0 Å². The van der Waals surface area contributed by atoms with Crippen LogP contribution in [0.4, 0.5) is 0 Å². The molecule has 0 amide bonds. The molecule has 1 unspecified atom stereocenters. The Morgan fingerprint density at radius 3 is 2.82 bits per heavy atom. The molecule has 0 nitrogen and oxygen atoms in total. The van der Waals surface area contributed by atoms with E-state index in [1.165, 1.54) is 29.3 Å². The van der Waals surface area contributed by atoms with E-state index in [4.69, 9.17) is 0 Å². The SMILES string of the molecule is CC1(C)C2=C(CCC=C2)C2=CC=C([C@@H]3C=CC(I)=CC3)CC21. The number of halogens is 1.